The normalized spacial score (nSPS) is 11.8. The van der Waals surface area contributed by atoms with Gasteiger partial charge in [0, 0.05) is 0 Å². The third-order valence-corrected chi connectivity index (χ3v) is 6.18. The summed E-state index contributed by atoms with van der Waals surface area (Å²) in [7, 11) is 8.25. The molecule has 0 amide bonds. The molecule has 0 radical (unpaired) electrons. The molecule has 3 aromatic carbocycles. The van der Waals surface area contributed by atoms with Gasteiger partial charge in [-0.05, 0) is 84.3 Å². The molecule has 0 aromatic heterocycles. The molecule has 0 fully saturated rings. The lowest BCUT2D eigenvalue weighted by Crippen LogP contribution is -2.03. The van der Waals surface area contributed by atoms with Crippen LogP contribution in [0.4, 0.5) is 0 Å². The van der Waals surface area contributed by atoms with Gasteiger partial charge in [-0.3, -0.25) is 0 Å². The van der Waals surface area contributed by atoms with E-state index >= 15 is 0 Å². The summed E-state index contributed by atoms with van der Waals surface area (Å²) in [6.45, 7) is 0.276. The number of aryl methyl sites for hydroxylation is 4. The minimum atomic E-state index is 0.276. The number of ether oxygens (including phenoxy) is 7. The van der Waals surface area contributed by atoms with Crippen molar-refractivity contribution in [3.05, 3.63) is 64.7 Å². The van der Waals surface area contributed by atoms with Crippen molar-refractivity contribution in [3.8, 4) is 40.2 Å². The third-order valence-electron chi connectivity index (χ3n) is 6.18. The zero-order valence-electron chi connectivity index (χ0n) is 20.9. The van der Waals surface area contributed by atoms with E-state index in [4.69, 9.17) is 33.2 Å². The molecule has 35 heavy (non-hydrogen) atoms. The quantitative estimate of drug-likeness (QED) is 0.381. The van der Waals surface area contributed by atoms with E-state index in [2.05, 4.69) is 12.1 Å². The Bertz CT molecular complexity index is 1150. The number of fused-ring (bicyclic) bond motifs is 1. The fourth-order valence-electron chi connectivity index (χ4n) is 4.41. The smallest absolute Gasteiger partial charge is 0.231 e. The Morgan fingerprint density at radius 3 is 1.74 bits per heavy atom. The van der Waals surface area contributed by atoms with E-state index in [0.29, 0.717) is 17.2 Å². The second-order valence-corrected chi connectivity index (χ2v) is 8.20. The predicted octanol–water partition coefficient (Wildman–Crippen LogP) is 5.03. The largest absolute Gasteiger partial charge is 0.497 e. The summed E-state index contributed by atoms with van der Waals surface area (Å²) >= 11 is 0. The van der Waals surface area contributed by atoms with Crippen LogP contribution < -0.4 is 33.2 Å². The number of hydrogen-bond acceptors (Lipinski definition) is 7. The number of hydrogen-bond donors (Lipinski definition) is 0. The highest BCUT2D eigenvalue weighted by molar-refractivity contribution is 5.54. The van der Waals surface area contributed by atoms with Gasteiger partial charge in [0.05, 0.1) is 35.5 Å². The predicted molar refractivity (Wildman–Crippen MR) is 133 cm³/mol. The van der Waals surface area contributed by atoms with Crippen LogP contribution in [0.2, 0.25) is 0 Å². The highest BCUT2D eigenvalue weighted by Crippen LogP contribution is 2.39. The molecule has 0 unspecified atom stereocenters. The molecule has 0 atom stereocenters. The van der Waals surface area contributed by atoms with E-state index < -0.39 is 0 Å². The first-order chi connectivity index (χ1) is 17.1. The van der Waals surface area contributed by atoms with E-state index in [9.17, 15) is 0 Å². The zero-order valence-corrected chi connectivity index (χ0v) is 20.9. The Morgan fingerprint density at radius 1 is 0.571 bits per heavy atom. The molecule has 4 rings (SSSR count). The monoisotopic (exact) mass is 480 g/mol. The molecule has 0 N–H and O–H groups in total. The maximum Gasteiger partial charge on any atom is 0.231 e. The van der Waals surface area contributed by atoms with Crippen LogP contribution in [0.3, 0.4) is 0 Å². The lowest BCUT2D eigenvalue weighted by atomic mass is 9.96. The van der Waals surface area contributed by atoms with Gasteiger partial charge in [-0.1, -0.05) is 6.07 Å². The second-order valence-electron chi connectivity index (χ2n) is 8.20. The number of methoxy groups -OCH3 is 5. The Balaban J connectivity index is 1.56. The SMILES string of the molecule is COc1cc(CCc2ccc3c(c2)OCO3)c(OC)c(CCc2cc(OC)c(OC)c(OC)c2)c1. The Hall–Kier alpha value is -3.74. The molecule has 0 spiro atoms. The molecule has 1 heterocycles. The van der Waals surface area contributed by atoms with Gasteiger partial charge in [0.2, 0.25) is 12.5 Å². The molecular formula is C28H32O7. The Kier molecular flexibility index (Phi) is 7.75. The summed E-state index contributed by atoms with van der Waals surface area (Å²) in [5.41, 5.74) is 4.44. The molecule has 0 saturated heterocycles. The van der Waals surface area contributed by atoms with E-state index in [1.807, 2.05) is 30.3 Å². The minimum absolute atomic E-state index is 0.276. The third kappa shape index (κ3) is 5.34. The Morgan fingerprint density at radius 2 is 1.17 bits per heavy atom. The van der Waals surface area contributed by atoms with Crippen molar-refractivity contribution >= 4 is 0 Å². The number of rotatable bonds is 11. The first kappa shape index (κ1) is 24.4. The van der Waals surface area contributed by atoms with E-state index in [0.717, 1.165) is 65.4 Å². The van der Waals surface area contributed by atoms with Crippen LogP contribution in [0.1, 0.15) is 22.3 Å². The second kappa shape index (κ2) is 11.1. The van der Waals surface area contributed by atoms with Crippen molar-refractivity contribution < 1.29 is 33.2 Å². The molecule has 7 nitrogen and oxygen atoms in total. The molecule has 1 aliphatic heterocycles. The molecule has 0 aliphatic carbocycles. The van der Waals surface area contributed by atoms with E-state index in [1.54, 1.807) is 35.5 Å². The summed E-state index contributed by atoms with van der Waals surface area (Å²) in [5.74, 6) is 5.16. The first-order valence-electron chi connectivity index (χ1n) is 11.5. The standard InChI is InChI=1S/C28H32O7/c1-29-22-15-20(9-6-18-8-11-23-24(12-18)35-17-34-23)27(32-4)21(16-22)10-7-19-13-25(30-2)28(33-5)26(14-19)31-3/h8,11-16H,6-7,9-10,17H2,1-5H3. The van der Waals surface area contributed by atoms with Gasteiger partial charge < -0.3 is 33.2 Å². The molecular weight excluding hydrogens is 448 g/mol. The lowest BCUT2D eigenvalue weighted by Gasteiger charge is -2.17. The average Bonchev–Trinajstić information content (AvgIpc) is 3.37. The van der Waals surface area contributed by atoms with Crippen molar-refractivity contribution in [2.45, 2.75) is 25.7 Å². The maximum absolute atomic E-state index is 5.88. The lowest BCUT2D eigenvalue weighted by molar-refractivity contribution is 0.174. The summed E-state index contributed by atoms with van der Waals surface area (Å²) < 4.78 is 38.9. The zero-order chi connectivity index (χ0) is 24.8. The molecule has 1 aliphatic rings. The van der Waals surface area contributed by atoms with Crippen molar-refractivity contribution in [2.75, 3.05) is 42.3 Å². The summed E-state index contributed by atoms with van der Waals surface area (Å²) in [6, 6.07) is 14.1. The van der Waals surface area contributed by atoms with Crippen LogP contribution in [-0.4, -0.2) is 42.3 Å². The summed E-state index contributed by atoms with van der Waals surface area (Å²) in [5, 5.41) is 0. The fraction of sp³-hybridized carbons (Fsp3) is 0.357. The van der Waals surface area contributed by atoms with Crippen LogP contribution in [0.25, 0.3) is 0 Å². The van der Waals surface area contributed by atoms with Crippen LogP contribution in [0, 0.1) is 0 Å². The van der Waals surface area contributed by atoms with Gasteiger partial charge in [-0.25, -0.2) is 0 Å². The summed E-state index contributed by atoms with van der Waals surface area (Å²) in [6.07, 6.45) is 3.17. The molecule has 0 saturated carbocycles. The van der Waals surface area contributed by atoms with Gasteiger partial charge in [0.1, 0.15) is 11.5 Å². The van der Waals surface area contributed by atoms with Crippen molar-refractivity contribution in [2.24, 2.45) is 0 Å². The van der Waals surface area contributed by atoms with Gasteiger partial charge in [-0.2, -0.15) is 0 Å². The first-order valence-corrected chi connectivity index (χ1v) is 11.5. The van der Waals surface area contributed by atoms with E-state index in [1.165, 1.54) is 5.56 Å². The van der Waals surface area contributed by atoms with Crippen molar-refractivity contribution in [1.82, 2.24) is 0 Å². The van der Waals surface area contributed by atoms with Crippen LogP contribution in [0.5, 0.6) is 40.2 Å². The molecule has 186 valence electrons. The molecule has 0 bridgehead atoms. The molecule has 7 heteroatoms. The van der Waals surface area contributed by atoms with E-state index in [-0.39, 0.29) is 6.79 Å². The summed E-state index contributed by atoms with van der Waals surface area (Å²) in [4.78, 5) is 0. The van der Waals surface area contributed by atoms with Crippen LogP contribution in [0.15, 0.2) is 42.5 Å². The molecule has 3 aromatic rings. The van der Waals surface area contributed by atoms with Gasteiger partial charge in [0.25, 0.3) is 0 Å². The minimum Gasteiger partial charge on any atom is -0.497 e. The average molecular weight is 481 g/mol. The van der Waals surface area contributed by atoms with Crippen molar-refractivity contribution in [3.63, 3.8) is 0 Å². The van der Waals surface area contributed by atoms with Gasteiger partial charge >= 0.3 is 0 Å². The number of benzene rings is 3. The topological polar surface area (TPSA) is 64.6 Å². The van der Waals surface area contributed by atoms with Crippen molar-refractivity contribution in [1.29, 1.82) is 0 Å². The highest BCUT2D eigenvalue weighted by Gasteiger charge is 2.17. The highest BCUT2D eigenvalue weighted by atomic mass is 16.7. The maximum atomic E-state index is 5.88. The van der Waals surface area contributed by atoms with Crippen LogP contribution in [-0.2, 0) is 25.7 Å². The van der Waals surface area contributed by atoms with Gasteiger partial charge in [0.15, 0.2) is 23.0 Å². The Labute approximate surface area is 206 Å². The van der Waals surface area contributed by atoms with Crippen LogP contribution >= 0.6 is 0 Å². The fourth-order valence-corrected chi connectivity index (χ4v) is 4.41. The van der Waals surface area contributed by atoms with Gasteiger partial charge in [-0.15, -0.1) is 0 Å².